The minimum atomic E-state index is 0.808. The Morgan fingerprint density at radius 1 is 0.833 bits per heavy atom. The third-order valence-electron chi connectivity index (χ3n) is 4.28. The Morgan fingerprint density at radius 3 is 2.54 bits per heavy atom. The average molecular weight is 313 g/mol. The molecule has 118 valence electrons. The number of aromatic nitrogens is 2. The molecular weight excluding hydrogens is 294 g/mol. The maximum absolute atomic E-state index is 4.12. The first-order chi connectivity index (χ1) is 11.9. The van der Waals surface area contributed by atoms with Crippen molar-refractivity contribution in [1.82, 2.24) is 9.55 Å². The Bertz CT molecular complexity index is 937. The van der Waals surface area contributed by atoms with E-state index in [4.69, 9.17) is 0 Å². The summed E-state index contributed by atoms with van der Waals surface area (Å²) < 4.78 is 2.08. The molecule has 1 N–H and O–H groups in total. The van der Waals surface area contributed by atoms with Crippen LogP contribution in [0.2, 0.25) is 0 Å². The largest absolute Gasteiger partial charge is 0.381 e. The molecule has 0 amide bonds. The number of hydrogen-bond acceptors (Lipinski definition) is 2. The van der Waals surface area contributed by atoms with Gasteiger partial charge in [0.25, 0.3) is 0 Å². The number of nitrogens with zero attached hydrogens (tertiary/aromatic N) is 2. The van der Waals surface area contributed by atoms with Crippen LogP contribution in [0.15, 0.2) is 85.5 Å². The molecular formula is C21H19N3. The zero-order chi connectivity index (χ0) is 16.2. The highest BCUT2D eigenvalue weighted by molar-refractivity contribution is 5.85. The Labute approximate surface area is 141 Å². The zero-order valence-corrected chi connectivity index (χ0v) is 13.4. The van der Waals surface area contributed by atoms with Crippen molar-refractivity contribution in [2.75, 3.05) is 5.32 Å². The SMILES string of the molecule is c1ccc(NCc2cccc3ccccc23)c(Cn2ccnc2)c1. The molecule has 0 bridgehead atoms. The lowest BCUT2D eigenvalue weighted by molar-refractivity contribution is 0.797. The summed E-state index contributed by atoms with van der Waals surface area (Å²) in [5.74, 6) is 0. The van der Waals surface area contributed by atoms with E-state index in [1.165, 1.54) is 27.6 Å². The van der Waals surface area contributed by atoms with Crippen LogP contribution in [-0.2, 0) is 13.1 Å². The fraction of sp³-hybridized carbons (Fsp3) is 0.0952. The first-order valence-electron chi connectivity index (χ1n) is 8.14. The van der Waals surface area contributed by atoms with Gasteiger partial charge in [-0.05, 0) is 28.0 Å². The molecule has 0 atom stereocenters. The van der Waals surface area contributed by atoms with Gasteiger partial charge in [-0.15, -0.1) is 0 Å². The molecule has 0 unspecified atom stereocenters. The molecule has 0 saturated heterocycles. The molecule has 1 aromatic heterocycles. The van der Waals surface area contributed by atoms with Crippen LogP contribution in [0, 0.1) is 0 Å². The van der Waals surface area contributed by atoms with Crippen LogP contribution >= 0.6 is 0 Å². The molecule has 0 aliphatic carbocycles. The maximum Gasteiger partial charge on any atom is 0.0949 e. The molecule has 1 heterocycles. The van der Waals surface area contributed by atoms with Gasteiger partial charge in [-0.25, -0.2) is 4.98 Å². The monoisotopic (exact) mass is 313 g/mol. The lowest BCUT2D eigenvalue weighted by Crippen LogP contribution is -2.05. The summed E-state index contributed by atoms with van der Waals surface area (Å²) in [5, 5.41) is 6.19. The molecule has 24 heavy (non-hydrogen) atoms. The van der Waals surface area contributed by atoms with Gasteiger partial charge in [-0.2, -0.15) is 0 Å². The summed E-state index contributed by atoms with van der Waals surface area (Å²) in [6.45, 7) is 1.63. The van der Waals surface area contributed by atoms with Crippen LogP contribution in [0.4, 0.5) is 5.69 Å². The van der Waals surface area contributed by atoms with Crippen molar-refractivity contribution in [2.45, 2.75) is 13.1 Å². The number of fused-ring (bicyclic) bond motifs is 1. The second-order valence-corrected chi connectivity index (χ2v) is 5.88. The van der Waals surface area contributed by atoms with Gasteiger partial charge < -0.3 is 9.88 Å². The third-order valence-corrected chi connectivity index (χ3v) is 4.28. The van der Waals surface area contributed by atoms with E-state index in [2.05, 4.69) is 81.6 Å². The summed E-state index contributed by atoms with van der Waals surface area (Å²) in [7, 11) is 0. The summed E-state index contributed by atoms with van der Waals surface area (Å²) in [4.78, 5) is 4.12. The molecule has 3 nitrogen and oxygen atoms in total. The number of hydrogen-bond donors (Lipinski definition) is 1. The maximum atomic E-state index is 4.12. The second-order valence-electron chi connectivity index (χ2n) is 5.88. The minimum Gasteiger partial charge on any atom is -0.381 e. The van der Waals surface area contributed by atoms with Crippen molar-refractivity contribution >= 4 is 16.5 Å². The Morgan fingerprint density at radius 2 is 1.62 bits per heavy atom. The van der Waals surface area contributed by atoms with Gasteiger partial charge in [0, 0.05) is 24.6 Å². The summed E-state index contributed by atoms with van der Waals surface area (Å²) in [6.07, 6.45) is 5.65. The molecule has 0 radical (unpaired) electrons. The van der Waals surface area contributed by atoms with Crippen molar-refractivity contribution in [3.63, 3.8) is 0 Å². The van der Waals surface area contributed by atoms with Crippen LogP contribution < -0.4 is 5.32 Å². The Balaban J connectivity index is 1.57. The van der Waals surface area contributed by atoms with Crippen molar-refractivity contribution in [1.29, 1.82) is 0 Å². The molecule has 0 aliphatic rings. The van der Waals surface area contributed by atoms with Gasteiger partial charge in [-0.1, -0.05) is 60.7 Å². The minimum absolute atomic E-state index is 0.808. The van der Waals surface area contributed by atoms with Gasteiger partial charge in [0.1, 0.15) is 0 Å². The first kappa shape index (κ1) is 14.5. The number of anilines is 1. The molecule has 0 fully saturated rings. The summed E-state index contributed by atoms with van der Waals surface area (Å²) in [6, 6.07) is 23.4. The highest BCUT2D eigenvalue weighted by Crippen LogP contribution is 2.21. The van der Waals surface area contributed by atoms with Gasteiger partial charge in [-0.3, -0.25) is 0 Å². The van der Waals surface area contributed by atoms with E-state index in [0.29, 0.717) is 0 Å². The van der Waals surface area contributed by atoms with E-state index in [-0.39, 0.29) is 0 Å². The fourth-order valence-electron chi connectivity index (χ4n) is 3.04. The molecule has 0 spiro atoms. The van der Waals surface area contributed by atoms with Crippen LogP contribution in [0.1, 0.15) is 11.1 Å². The van der Waals surface area contributed by atoms with Gasteiger partial charge >= 0.3 is 0 Å². The normalized spacial score (nSPS) is 10.8. The Kier molecular flexibility index (Phi) is 3.98. The van der Waals surface area contributed by atoms with E-state index in [1.807, 2.05) is 18.7 Å². The van der Waals surface area contributed by atoms with Crippen LogP contribution in [0.3, 0.4) is 0 Å². The molecule has 0 saturated carbocycles. The number of para-hydroxylation sites is 1. The van der Waals surface area contributed by atoms with Crippen LogP contribution in [0.25, 0.3) is 10.8 Å². The standard InChI is InChI=1S/C21H19N3/c1-3-10-20-17(6-1)8-5-9-18(20)14-23-21-11-4-2-7-19(21)15-24-13-12-22-16-24/h1-13,16,23H,14-15H2. The molecule has 4 rings (SSSR count). The topological polar surface area (TPSA) is 29.9 Å². The van der Waals surface area contributed by atoms with E-state index < -0.39 is 0 Å². The number of rotatable bonds is 5. The first-order valence-corrected chi connectivity index (χ1v) is 8.14. The zero-order valence-electron chi connectivity index (χ0n) is 13.4. The molecule has 0 aliphatic heterocycles. The van der Waals surface area contributed by atoms with E-state index in [9.17, 15) is 0 Å². The third kappa shape index (κ3) is 3.01. The number of nitrogens with one attached hydrogen (secondary N) is 1. The van der Waals surface area contributed by atoms with Gasteiger partial charge in [0.05, 0.1) is 12.9 Å². The summed E-state index contributed by atoms with van der Waals surface area (Å²) >= 11 is 0. The average Bonchev–Trinajstić information content (AvgIpc) is 3.14. The number of benzene rings is 3. The van der Waals surface area contributed by atoms with Gasteiger partial charge in [0.2, 0.25) is 0 Å². The number of imidazole rings is 1. The Hall–Kier alpha value is -3.07. The fourth-order valence-corrected chi connectivity index (χ4v) is 3.04. The van der Waals surface area contributed by atoms with Crippen molar-refractivity contribution in [3.05, 3.63) is 96.6 Å². The van der Waals surface area contributed by atoms with Crippen molar-refractivity contribution in [2.24, 2.45) is 0 Å². The van der Waals surface area contributed by atoms with Crippen LogP contribution in [0.5, 0.6) is 0 Å². The lowest BCUT2D eigenvalue weighted by atomic mass is 10.0. The van der Waals surface area contributed by atoms with Gasteiger partial charge in [0.15, 0.2) is 0 Å². The molecule has 3 heteroatoms. The van der Waals surface area contributed by atoms with E-state index in [1.54, 1.807) is 0 Å². The second kappa shape index (κ2) is 6.59. The van der Waals surface area contributed by atoms with E-state index >= 15 is 0 Å². The smallest absolute Gasteiger partial charge is 0.0949 e. The lowest BCUT2D eigenvalue weighted by Gasteiger charge is -2.14. The molecule has 3 aromatic carbocycles. The highest BCUT2D eigenvalue weighted by Gasteiger charge is 2.04. The molecule has 4 aromatic rings. The summed E-state index contributed by atoms with van der Waals surface area (Å²) in [5.41, 5.74) is 3.74. The predicted octanol–water partition coefficient (Wildman–Crippen LogP) is 4.70. The van der Waals surface area contributed by atoms with Crippen molar-refractivity contribution in [3.8, 4) is 0 Å². The quantitative estimate of drug-likeness (QED) is 0.579. The highest BCUT2D eigenvalue weighted by atomic mass is 15.0. The predicted molar refractivity (Wildman–Crippen MR) is 99.0 cm³/mol. The van der Waals surface area contributed by atoms with Crippen molar-refractivity contribution < 1.29 is 0 Å². The van der Waals surface area contributed by atoms with Crippen LogP contribution in [-0.4, -0.2) is 9.55 Å². The van der Waals surface area contributed by atoms with E-state index in [0.717, 1.165) is 13.1 Å².